The maximum absolute atomic E-state index is 12.1. The van der Waals surface area contributed by atoms with E-state index >= 15 is 0 Å². The van der Waals surface area contributed by atoms with Crippen molar-refractivity contribution in [3.8, 4) is 0 Å². The van der Waals surface area contributed by atoms with Gasteiger partial charge in [0.05, 0.1) is 22.8 Å². The van der Waals surface area contributed by atoms with Gasteiger partial charge in [-0.05, 0) is 17.7 Å². The van der Waals surface area contributed by atoms with Crippen molar-refractivity contribution < 1.29 is 8.42 Å². The summed E-state index contributed by atoms with van der Waals surface area (Å²) in [6.07, 6.45) is 3.51. The van der Waals surface area contributed by atoms with Crippen LogP contribution in [0.4, 0.5) is 0 Å². The molecule has 0 aliphatic rings. The molecule has 0 unspecified atom stereocenters. The molecule has 1 heterocycles. The van der Waals surface area contributed by atoms with Crippen LogP contribution in [0.1, 0.15) is 11.3 Å². The fraction of sp³-hybridized carbons (Fsp3) is 0.167. The molecule has 6 nitrogen and oxygen atoms in total. The smallest absolute Gasteiger partial charge is 0.240 e. The third-order valence-corrected chi connectivity index (χ3v) is 4.18. The van der Waals surface area contributed by atoms with Gasteiger partial charge >= 0.3 is 0 Å². The molecule has 2 aromatic rings. The topological polar surface area (TPSA) is 101 Å². The minimum absolute atomic E-state index is 0.164. The van der Waals surface area contributed by atoms with E-state index in [9.17, 15) is 8.42 Å². The Morgan fingerprint density at radius 1 is 1.35 bits per heavy atom. The quantitative estimate of drug-likeness (QED) is 0.682. The number of benzene rings is 1. The highest BCUT2D eigenvalue weighted by Crippen LogP contribution is 2.11. The van der Waals surface area contributed by atoms with Crippen molar-refractivity contribution in [1.29, 1.82) is 0 Å². The number of thiocarbonyl (C=S) groups is 1. The third kappa shape index (κ3) is 3.86. The van der Waals surface area contributed by atoms with Gasteiger partial charge in [-0.3, -0.25) is 0 Å². The summed E-state index contributed by atoms with van der Waals surface area (Å²) in [5, 5.41) is 0. The van der Waals surface area contributed by atoms with E-state index in [1.54, 1.807) is 18.3 Å². The van der Waals surface area contributed by atoms with E-state index in [0.29, 0.717) is 17.1 Å². The van der Waals surface area contributed by atoms with Crippen LogP contribution in [-0.2, 0) is 23.0 Å². The highest BCUT2D eigenvalue weighted by Gasteiger charge is 2.13. The van der Waals surface area contributed by atoms with Gasteiger partial charge in [-0.1, -0.05) is 24.4 Å². The van der Waals surface area contributed by atoms with Crippen LogP contribution in [-0.4, -0.2) is 23.4 Å². The molecule has 0 radical (unpaired) electrons. The molecule has 0 bridgehead atoms. The number of sulfonamides is 1. The molecule has 20 heavy (non-hydrogen) atoms. The average Bonchev–Trinajstić information content (AvgIpc) is 2.89. The van der Waals surface area contributed by atoms with Crippen LogP contribution in [0, 0.1) is 0 Å². The zero-order chi connectivity index (χ0) is 14.6. The van der Waals surface area contributed by atoms with Crippen LogP contribution in [0.15, 0.2) is 41.7 Å². The molecule has 0 spiro atoms. The van der Waals surface area contributed by atoms with Crippen molar-refractivity contribution in [3.63, 3.8) is 0 Å². The summed E-state index contributed by atoms with van der Waals surface area (Å²) in [6.45, 7) is 0.164. The van der Waals surface area contributed by atoms with Crippen LogP contribution in [0.25, 0.3) is 0 Å². The molecule has 0 atom stereocenters. The van der Waals surface area contributed by atoms with Crippen LogP contribution in [0.2, 0.25) is 0 Å². The van der Waals surface area contributed by atoms with Gasteiger partial charge in [-0.25, -0.2) is 18.1 Å². The Hall–Kier alpha value is -1.77. The van der Waals surface area contributed by atoms with E-state index in [2.05, 4.69) is 14.7 Å². The standard InChI is InChI=1S/C12H14N4O2S2/c13-12(19)5-9-1-3-11(4-2-9)20(17,18)16-7-10-6-14-8-15-10/h1-4,6,8,16H,5,7H2,(H2,13,19)(H,14,15). The third-order valence-electron chi connectivity index (χ3n) is 2.62. The maximum atomic E-state index is 12.1. The lowest BCUT2D eigenvalue weighted by Gasteiger charge is -2.06. The van der Waals surface area contributed by atoms with Gasteiger partial charge in [0.25, 0.3) is 0 Å². The number of hydrogen-bond acceptors (Lipinski definition) is 4. The number of aromatic amines is 1. The Morgan fingerprint density at radius 3 is 2.60 bits per heavy atom. The predicted octanol–water partition coefficient (Wildman–Crippen LogP) is 0.717. The summed E-state index contributed by atoms with van der Waals surface area (Å²) >= 11 is 4.81. The second-order valence-corrected chi connectivity index (χ2v) is 6.48. The molecule has 0 fully saturated rings. The van der Waals surface area contributed by atoms with Crippen LogP contribution < -0.4 is 10.5 Å². The number of rotatable bonds is 6. The Bertz CT molecular complexity index is 679. The lowest BCUT2D eigenvalue weighted by Crippen LogP contribution is -2.23. The summed E-state index contributed by atoms with van der Waals surface area (Å²) in [5.41, 5.74) is 7.01. The maximum Gasteiger partial charge on any atom is 0.240 e. The monoisotopic (exact) mass is 310 g/mol. The zero-order valence-electron chi connectivity index (χ0n) is 10.5. The van der Waals surface area contributed by atoms with Crippen molar-refractivity contribution in [2.75, 3.05) is 0 Å². The van der Waals surface area contributed by atoms with Crippen molar-refractivity contribution in [3.05, 3.63) is 48.0 Å². The van der Waals surface area contributed by atoms with Crippen LogP contribution >= 0.6 is 12.2 Å². The first-order valence-electron chi connectivity index (χ1n) is 5.81. The molecule has 0 aliphatic carbocycles. The van der Waals surface area contributed by atoms with E-state index in [4.69, 9.17) is 18.0 Å². The second-order valence-electron chi connectivity index (χ2n) is 4.19. The predicted molar refractivity (Wildman–Crippen MR) is 79.5 cm³/mol. The second kappa shape index (κ2) is 6.12. The highest BCUT2D eigenvalue weighted by atomic mass is 32.2. The molecular weight excluding hydrogens is 296 g/mol. The van der Waals surface area contributed by atoms with E-state index in [1.165, 1.54) is 18.5 Å². The van der Waals surface area contributed by atoms with E-state index in [0.717, 1.165) is 5.56 Å². The summed E-state index contributed by atoms with van der Waals surface area (Å²) < 4.78 is 26.6. The Kier molecular flexibility index (Phi) is 4.48. The van der Waals surface area contributed by atoms with Crippen LogP contribution in [0.3, 0.4) is 0 Å². The first-order valence-corrected chi connectivity index (χ1v) is 7.71. The first kappa shape index (κ1) is 14.6. The van der Waals surface area contributed by atoms with Gasteiger partial charge < -0.3 is 10.7 Å². The van der Waals surface area contributed by atoms with E-state index in [1.807, 2.05) is 0 Å². The molecule has 8 heteroatoms. The van der Waals surface area contributed by atoms with Gasteiger partial charge in [0.2, 0.25) is 10.0 Å². The highest BCUT2D eigenvalue weighted by molar-refractivity contribution is 7.89. The number of imidazole rings is 1. The van der Waals surface area contributed by atoms with Gasteiger partial charge in [-0.2, -0.15) is 0 Å². The molecule has 1 aromatic carbocycles. The number of aromatic nitrogens is 2. The number of nitrogens with zero attached hydrogens (tertiary/aromatic N) is 1. The SMILES string of the molecule is NC(=S)Cc1ccc(S(=O)(=O)NCc2cnc[nH]2)cc1. The lowest BCUT2D eigenvalue weighted by molar-refractivity contribution is 0.580. The zero-order valence-corrected chi connectivity index (χ0v) is 12.2. The average molecular weight is 310 g/mol. The van der Waals surface area contributed by atoms with Gasteiger partial charge in [0.1, 0.15) is 0 Å². The molecule has 0 amide bonds. The fourth-order valence-electron chi connectivity index (χ4n) is 1.63. The molecule has 0 aliphatic heterocycles. The summed E-state index contributed by atoms with van der Waals surface area (Å²) in [5.74, 6) is 0. The fourth-order valence-corrected chi connectivity index (χ4v) is 2.80. The molecule has 0 saturated heterocycles. The summed E-state index contributed by atoms with van der Waals surface area (Å²) in [4.78, 5) is 7.22. The normalized spacial score (nSPS) is 11.4. The van der Waals surface area contributed by atoms with Crippen LogP contribution in [0.5, 0.6) is 0 Å². The number of H-pyrrole nitrogens is 1. The van der Waals surface area contributed by atoms with Crippen molar-refractivity contribution in [2.24, 2.45) is 5.73 Å². The molecule has 2 rings (SSSR count). The van der Waals surface area contributed by atoms with E-state index in [-0.39, 0.29) is 11.4 Å². The van der Waals surface area contributed by atoms with Gasteiger partial charge in [0, 0.05) is 18.3 Å². The summed E-state index contributed by atoms with van der Waals surface area (Å²) in [6, 6.07) is 6.46. The van der Waals surface area contributed by atoms with Crippen molar-refractivity contribution in [2.45, 2.75) is 17.9 Å². The van der Waals surface area contributed by atoms with Gasteiger partial charge in [0.15, 0.2) is 0 Å². The minimum atomic E-state index is -3.54. The molecular formula is C12H14N4O2S2. The molecule has 4 N–H and O–H groups in total. The number of hydrogen-bond donors (Lipinski definition) is 3. The lowest BCUT2D eigenvalue weighted by atomic mass is 10.1. The number of nitrogens with one attached hydrogen (secondary N) is 2. The Morgan fingerprint density at radius 2 is 2.05 bits per heavy atom. The molecule has 1 aromatic heterocycles. The van der Waals surface area contributed by atoms with Crippen molar-refractivity contribution >= 4 is 27.2 Å². The molecule has 106 valence electrons. The Labute approximate surface area is 122 Å². The Balaban J connectivity index is 2.07. The largest absolute Gasteiger partial charge is 0.393 e. The minimum Gasteiger partial charge on any atom is -0.393 e. The van der Waals surface area contributed by atoms with E-state index < -0.39 is 10.0 Å². The first-order chi connectivity index (χ1) is 9.47. The number of nitrogens with two attached hydrogens (primary N) is 1. The van der Waals surface area contributed by atoms with Gasteiger partial charge in [-0.15, -0.1) is 0 Å². The molecule has 0 saturated carbocycles. The summed E-state index contributed by atoms with van der Waals surface area (Å²) in [7, 11) is -3.54. The van der Waals surface area contributed by atoms with Crippen molar-refractivity contribution in [1.82, 2.24) is 14.7 Å².